The van der Waals surface area contributed by atoms with E-state index in [1.54, 1.807) is 0 Å². The van der Waals surface area contributed by atoms with Gasteiger partial charge in [0.15, 0.2) is 0 Å². The molecule has 0 atom stereocenters. The number of anilines is 1. The molecule has 2 rings (SSSR count). The van der Waals surface area contributed by atoms with Crippen LogP contribution in [0.4, 0.5) is 18.9 Å². The number of ether oxygens (including phenoxy) is 1. The van der Waals surface area contributed by atoms with Crippen molar-refractivity contribution in [2.75, 3.05) is 18.5 Å². The molecule has 26 heavy (non-hydrogen) atoms. The average Bonchev–Trinajstić information content (AvgIpc) is 2.59. The summed E-state index contributed by atoms with van der Waals surface area (Å²) >= 11 is 0. The average molecular weight is 390 g/mol. The Morgan fingerprint density at radius 3 is 2.46 bits per heavy atom. The molecule has 0 spiro atoms. The van der Waals surface area contributed by atoms with Gasteiger partial charge >= 0.3 is 11.8 Å². The third kappa shape index (κ3) is 3.59. The summed E-state index contributed by atoms with van der Waals surface area (Å²) in [5, 5.41) is 0. The van der Waals surface area contributed by atoms with Gasteiger partial charge in [0.2, 0.25) is 11.6 Å². The van der Waals surface area contributed by atoms with Crippen LogP contribution in [0.1, 0.15) is 22.0 Å². The maximum Gasteiger partial charge on any atom is 0.355 e. The Labute approximate surface area is 146 Å². The molecule has 1 aromatic carbocycles. The summed E-state index contributed by atoms with van der Waals surface area (Å²) in [6, 6.07) is 2.85. The van der Waals surface area contributed by atoms with Gasteiger partial charge in [-0.2, -0.15) is 18.7 Å². The van der Waals surface area contributed by atoms with Gasteiger partial charge in [-0.3, -0.25) is 9.10 Å². The minimum Gasteiger partial charge on any atom is -0.467 e. The first-order valence-electron chi connectivity index (χ1n) is 6.95. The van der Waals surface area contributed by atoms with Crippen LogP contribution >= 0.6 is 0 Å². The lowest BCUT2D eigenvalue weighted by molar-refractivity contribution is 0.102. The van der Waals surface area contributed by atoms with Crippen LogP contribution in [-0.2, 0) is 10.0 Å². The Morgan fingerprint density at radius 2 is 1.88 bits per heavy atom. The van der Waals surface area contributed by atoms with Gasteiger partial charge in [0.05, 0.1) is 18.4 Å². The number of carbonyl (C=O) groups is 1. The zero-order valence-corrected chi connectivity index (χ0v) is 14.6. The molecule has 0 aliphatic carbocycles. The van der Waals surface area contributed by atoms with Crippen LogP contribution in [0, 0.1) is 12.7 Å². The fourth-order valence-corrected chi connectivity index (χ4v) is 2.72. The van der Waals surface area contributed by atoms with E-state index in [9.17, 15) is 26.4 Å². The predicted molar refractivity (Wildman–Crippen MR) is 84.3 cm³/mol. The van der Waals surface area contributed by atoms with Gasteiger partial charge in [-0.05, 0) is 19.1 Å². The molecule has 0 aliphatic heterocycles. The predicted octanol–water partition coefficient (Wildman–Crippen LogP) is 1.55. The highest BCUT2D eigenvalue weighted by molar-refractivity contribution is 7.93. The number of nitrogens with zero attached hydrogens (tertiary/aromatic N) is 4. The van der Waals surface area contributed by atoms with Crippen LogP contribution in [0.25, 0.3) is 0 Å². The van der Waals surface area contributed by atoms with Crippen LogP contribution in [0.2, 0.25) is 0 Å². The Balaban J connectivity index is 2.63. The number of ketones is 1. The normalized spacial score (nSPS) is 11.5. The molecule has 1 heterocycles. The molecule has 0 saturated carbocycles. The zero-order chi connectivity index (χ0) is 19.6. The molecule has 0 aliphatic rings. The summed E-state index contributed by atoms with van der Waals surface area (Å²) in [6.07, 6.45) is 0. The summed E-state index contributed by atoms with van der Waals surface area (Å²) in [5.41, 5.74) is -1.35. The van der Waals surface area contributed by atoms with Crippen molar-refractivity contribution in [1.82, 2.24) is 15.0 Å². The number of aromatic nitrogens is 3. The Morgan fingerprint density at radius 1 is 1.23 bits per heavy atom. The summed E-state index contributed by atoms with van der Waals surface area (Å²) in [4.78, 5) is 24.0. The van der Waals surface area contributed by atoms with Crippen molar-refractivity contribution in [3.63, 3.8) is 0 Å². The molecular formula is C14H13F3N4O4S. The van der Waals surface area contributed by atoms with Gasteiger partial charge in [-0.25, -0.2) is 17.8 Å². The quantitative estimate of drug-likeness (QED) is 0.690. The van der Waals surface area contributed by atoms with Gasteiger partial charge in [-0.15, -0.1) is 0 Å². The number of rotatable bonds is 6. The van der Waals surface area contributed by atoms with E-state index in [1.165, 1.54) is 14.0 Å². The standard InChI is InChI=1S/C14H13F3N4O4S/c1-7-18-12(20-14(19-7)25-3)11(22)8-5-4-6-9(15)10(8)21(2)26(23,24)13(16)17/h4-6,13H,1-3H3. The van der Waals surface area contributed by atoms with Crippen LogP contribution in [0.5, 0.6) is 6.01 Å². The van der Waals surface area contributed by atoms with Crippen molar-refractivity contribution in [3.05, 3.63) is 41.2 Å². The number of benzene rings is 1. The molecule has 0 saturated heterocycles. The summed E-state index contributed by atoms with van der Waals surface area (Å²) in [6.45, 7) is 1.45. The Kier molecular flexibility index (Phi) is 5.44. The van der Waals surface area contributed by atoms with Crippen molar-refractivity contribution < 1.29 is 31.1 Å². The Bertz CT molecular complexity index is 953. The first-order valence-corrected chi connectivity index (χ1v) is 8.45. The third-order valence-electron chi connectivity index (χ3n) is 3.27. The lowest BCUT2D eigenvalue weighted by Crippen LogP contribution is -2.33. The van der Waals surface area contributed by atoms with Crippen LogP contribution in [0.15, 0.2) is 18.2 Å². The molecular weight excluding hydrogens is 377 g/mol. The number of hydrogen-bond donors (Lipinski definition) is 0. The van der Waals surface area contributed by atoms with Gasteiger partial charge < -0.3 is 4.74 Å². The first-order chi connectivity index (χ1) is 12.1. The van der Waals surface area contributed by atoms with Gasteiger partial charge in [-0.1, -0.05) is 6.07 Å². The number of sulfonamides is 1. The van der Waals surface area contributed by atoms with Gasteiger partial charge in [0.1, 0.15) is 11.6 Å². The van der Waals surface area contributed by atoms with E-state index in [2.05, 4.69) is 15.0 Å². The molecule has 8 nitrogen and oxygen atoms in total. The second kappa shape index (κ2) is 7.23. The topological polar surface area (TPSA) is 102 Å². The second-order valence-electron chi connectivity index (χ2n) is 4.93. The summed E-state index contributed by atoms with van der Waals surface area (Å²) in [7, 11) is -3.21. The highest BCUT2D eigenvalue weighted by Gasteiger charge is 2.34. The lowest BCUT2D eigenvalue weighted by Gasteiger charge is -2.21. The van der Waals surface area contributed by atoms with Gasteiger partial charge in [0.25, 0.3) is 10.0 Å². The van der Waals surface area contributed by atoms with E-state index >= 15 is 0 Å². The molecule has 1 aromatic heterocycles. The molecule has 0 unspecified atom stereocenters. The maximum absolute atomic E-state index is 14.2. The molecule has 140 valence electrons. The molecule has 12 heteroatoms. The number of para-hydroxylation sites is 1. The minimum absolute atomic E-state index is 0.0194. The van der Waals surface area contributed by atoms with Crippen molar-refractivity contribution in [1.29, 1.82) is 0 Å². The van der Waals surface area contributed by atoms with Crippen LogP contribution in [0.3, 0.4) is 0 Å². The molecule has 0 radical (unpaired) electrons. The van der Waals surface area contributed by atoms with E-state index in [4.69, 9.17) is 4.74 Å². The molecule has 0 fully saturated rings. The highest BCUT2D eigenvalue weighted by atomic mass is 32.2. The number of methoxy groups -OCH3 is 1. The van der Waals surface area contributed by atoms with E-state index in [1.807, 2.05) is 0 Å². The molecule has 2 aromatic rings. The van der Waals surface area contributed by atoms with Crippen molar-refractivity contribution >= 4 is 21.5 Å². The number of halogens is 3. The summed E-state index contributed by atoms with van der Waals surface area (Å²) in [5.74, 6) is -6.30. The zero-order valence-electron chi connectivity index (χ0n) is 13.8. The maximum atomic E-state index is 14.2. The lowest BCUT2D eigenvalue weighted by atomic mass is 10.1. The molecule has 0 N–H and O–H groups in total. The SMILES string of the molecule is COc1nc(C)nc(C(=O)c2cccc(F)c2N(C)S(=O)(=O)C(F)F)n1. The summed E-state index contributed by atoms with van der Waals surface area (Å²) < 4.78 is 68.0. The van der Waals surface area contributed by atoms with E-state index in [0.717, 1.165) is 25.2 Å². The first kappa shape index (κ1) is 19.6. The smallest absolute Gasteiger partial charge is 0.355 e. The molecule has 0 amide bonds. The van der Waals surface area contributed by atoms with Gasteiger partial charge in [0, 0.05) is 7.05 Å². The number of aryl methyl sites for hydroxylation is 1. The largest absolute Gasteiger partial charge is 0.467 e. The van der Waals surface area contributed by atoms with Crippen molar-refractivity contribution in [3.8, 4) is 6.01 Å². The minimum atomic E-state index is -5.18. The third-order valence-corrected chi connectivity index (χ3v) is 4.66. The Hall–Kier alpha value is -2.76. The van der Waals surface area contributed by atoms with E-state index in [0.29, 0.717) is 0 Å². The highest BCUT2D eigenvalue weighted by Crippen LogP contribution is 2.29. The van der Waals surface area contributed by atoms with E-state index in [-0.39, 0.29) is 16.1 Å². The van der Waals surface area contributed by atoms with Crippen molar-refractivity contribution in [2.45, 2.75) is 12.7 Å². The number of hydrogen-bond acceptors (Lipinski definition) is 7. The van der Waals surface area contributed by atoms with Crippen LogP contribution in [-0.4, -0.2) is 49.1 Å². The fourth-order valence-electron chi connectivity index (χ4n) is 2.04. The van der Waals surface area contributed by atoms with Crippen LogP contribution < -0.4 is 9.04 Å². The monoisotopic (exact) mass is 390 g/mol. The number of alkyl halides is 2. The fraction of sp³-hybridized carbons (Fsp3) is 0.286. The molecule has 0 bridgehead atoms. The number of carbonyl (C=O) groups excluding carboxylic acids is 1. The second-order valence-corrected chi connectivity index (χ2v) is 6.87. The van der Waals surface area contributed by atoms with Crippen molar-refractivity contribution in [2.24, 2.45) is 0 Å². The van der Waals surface area contributed by atoms with E-state index < -0.39 is 44.5 Å².